The van der Waals surface area contributed by atoms with Crippen LogP contribution in [-0.2, 0) is 32.7 Å². The lowest BCUT2D eigenvalue weighted by Gasteiger charge is -2.19. The van der Waals surface area contributed by atoms with Crippen LogP contribution in [0, 0.1) is 0 Å². The molecular weight excluding hydrogens is 629 g/mol. The number of nitrogens with two attached hydrogens (primary N) is 1. The van der Waals surface area contributed by atoms with Crippen LogP contribution in [-0.4, -0.2) is 49.3 Å². The van der Waals surface area contributed by atoms with Gasteiger partial charge >= 0.3 is 19.8 Å². The Hall–Kier alpha value is -1.77. The lowest BCUT2D eigenvalue weighted by molar-refractivity contribution is -0.161. The Morgan fingerprint density at radius 2 is 1.15 bits per heavy atom. The molecule has 0 aliphatic heterocycles. The maximum Gasteiger partial charge on any atom is 0.472 e. The van der Waals surface area contributed by atoms with Crippen LogP contribution in [0.5, 0.6) is 0 Å². The fraction of sp³-hybridized carbons (Fsp3) is 0.789. The predicted molar refractivity (Wildman–Crippen MR) is 197 cm³/mol. The lowest BCUT2D eigenvalue weighted by Crippen LogP contribution is -2.29. The van der Waals surface area contributed by atoms with E-state index in [0.717, 1.165) is 70.6 Å². The Morgan fingerprint density at radius 1 is 0.646 bits per heavy atom. The maximum atomic E-state index is 12.5. The number of carbonyl (C=O) groups is 2. The number of carbonyl (C=O) groups excluding carboxylic acids is 2. The van der Waals surface area contributed by atoms with Crippen molar-refractivity contribution in [3.63, 3.8) is 0 Å². The first kappa shape index (κ1) is 46.2. The van der Waals surface area contributed by atoms with Gasteiger partial charge in [0.1, 0.15) is 6.61 Å². The standard InChI is InChI=1S/C38H70NO8P/c1-3-5-7-9-11-13-15-17-18-19-21-22-24-26-28-30-37(40)44-34-36(35-46-48(42,43)45-33-32-39)47-38(41)31-29-27-25-23-20-16-14-12-10-8-6-4-2/h5,7,11,13,17-18,36H,3-4,6,8-10,12,14-16,19-35,39H2,1-2H3,(H,42,43)/t36-/m1/s1. The number of phosphoric ester groups is 1. The molecule has 3 N–H and O–H groups in total. The normalized spacial score (nSPS) is 13.8. The summed E-state index contributed by atoms with van der Waals surface area (Å²) in [5, 5.41) is 0. The Bertz CT molecular complexity index is 892. The third-order valence-corrected chi connectivity index (χ3v) is 8.77. The summed E-state index contributed by atoms with van der Waals surface area (Å²) in [6.07, 6.45) is 36.0. The van der Waals surface area contributed by atoms with Gasteiger partial charge in [0.25, 0.3) is 0 Å². The molecule has 0 spiro atoms. The summed E-state index contributed by atoms with van der Waals surface area (Å²) in [5.41, 5.74) is 5.33. The molecule has 0 bridgehead atoms. The van der Waals surface area contributed by atoms with Crippen LogP contribution >= 0.6 is 7.82 Å². The SMILES string of the molecule is CCC=CCC=CCC=CCCCCCCCC(=O)OC[C@H](COP(=O)(O)OCCN)OC(=O)CCCCCCCCCCCCCC. The van der Waals surface area contributed by atoms with Crippen molar-refractivity contribution in [2.24, 2.45) is 5.73 Å². The molecule has 1 unspecified atom stereocenters. The Balaban J connectivity index is 4.24. The van der Waals surface area contributed by atoms with Crippen molar-refractivity contribution >= 4 is 19.8 Å². The molecule has 2 atom stereocenters. The average molecular weight is 700 g/mol. The van der Waals surface area contributed by atoms with E-state index in [1.165, 1.54) is 51.4 Å². The quantitative estimate of drug-likeness (QED) is 0.0287. The smallest absolute Gasteiger partial charge is 0.462 e. The van der Waals surface area contributed by atoms with Crippen LogP contribution in [0.2, 0.25) is 0 Å². The summed E-state index contributed by atoms with van der Waals surface area (Å²) >= 11 is 0. The van der Waals surface area contributed by atoms with Crippen molar-refractivity contribution in [1.82, 2.24) is 0 Å². The number of hydrogen-bond acceptors (Lipinski definition) is 8. The second-order valence-corrected chi connectivity index (χ2v) is 13.9. The minimum atomic E-state index is -4.37. The molecule has 0 aliphatic rings. The van der Waals surface area contributed by atoms with E-state index >= 15 is 0 Å². The number of allylic oxidation sites excluding steroid dienone is 6. The zero-order valence-corrected chi connectivity index (χ0v) is 31.4. The van der Waals surface area contributed by atoms with E-state index < -0.39 is 32.5 Å². The molecule has 0 amide bonds. The fourth-order valence-electron chi connectivity index (χ4n) is 5.00. The Morgan fingerprint density at radius 3 is 1.71 bits per heavy atom. The predicted octanol–water partition coefficient (Wildman–Crippen LogP) is 10.2. The molecule has 0 aliphatic carbocycles. The fourth-order valence-corrected chi connectivity index (χ4v) is 5.77. The molecule has 0 saturated carbocycles. The number of esters is 2. The largest absolute Gasteiger partial charge is 0.472 e. The molecule has 0 saturated heterocycles. The molecule has 10 heteroatoms. The van der Waals surface area contributed by atoms with Crippen LogP contribution in [0.3, 0.4) is 0 Å². The van der Waals surface area contributed by atoms with Crippen molar-refractivity contribution in [2.75, 3.05) is 26.4 Å². The number of rotatable bonds is 35. The molecule has 0 aromatic rings. The highest BCUT2D eigenvalue weighted by molar-refractivity contribution is 7.47. The van der Waals surface area contributed by atoms with E-state index in [4.69, 9.17) is 24.3 Å². The van der Waals surface area contributed by atoms with Gasteiger partial charge in [-0.2, -0.15) is 0 Å². The van der Waals surface area contributed by atoms with Gasteiger partial charge in [0.2, 0.25) is 0 Å². The van der Waals surface area contributed by atoms with Crippen LogP contribution in [0.15, 0.2) is 36.5 Å². The first-order chi connectivity index (χ1) is 23.3. The topological polar surface area (TPSA) is 134 Å². The van der Waals surface area contributed by atoms with Gasteiger partial charge < -0.3 is 20.1 Å². The summed E-state index contributed by atoms with van der Waals surface area (Å²) in [6.45, 7) is 3.58. The Labute approximate surface area is 293 Å². The first-order valence-electron chi connectivity index (χ1n) is 19.0. The van der Waals surface area contributed by atoms with Gasteiger partial charge in [-0.25, -0.2) is 4.57 Å². The van der Waals surface area contributed by atoms with E-state index in [2.05, 4.69) is 50.3 Å². The number of phosphoric acid groups is 1. The van der Waals surface area contributed by atoms with Crippen LogP contribution in [0.1, 0.15) is 162 Å². The number of unbranched alkanes of at least 4 members (excludes halogenated alkanes) is 16. The van der Waals surface area contributed by atoms with Crippen LogP contribution in [0.4, 0.5) is 0 Å². The molecule has 0 radical (unpaired) electrons. The molecular formula is C38H70NO8P. The third-order valence-electron chi connectivity index (χ3n) is 7.79. The van der Waals surface area contributed by atoms with Gasteiger partial charge in [0.05, 0.1) is 13.2 Å². The zero-order chi connectivity index (χ0) is 35.4. The van der Waals surface area contributed by atoms with Gasteiger partial charge in [-0.15, -0.1) is 0 Å². The van der Waals surface area contributed by atoms with Gasteiger partial charge in [0, 0.05) is 19.4 Å². The first-order valence-corrected chi connectivity index (χ1v) is 20.5. The molecule has 0 fully saturated rings. The van der Waals surface area contributed by atoms with Crippen molar-refractivity contribution < 1.29 is 37.6 Å². The van der Waals surface area contributed by atoms with E-state index in [0.29, 0.717) is 12.8 Å². The zero-order valence-electron chi connectivity index (χ0n) is 30.5. The minimum absolute atomic E-state index is 0.0511. The summed E-state index contributed by atoms with van der Waals surface area (Å²) < 4.78 is 32.6. The second-order valence-electron chi connectivity index (χ2n) is 12.4. The van der Waals surface area contributed by atoms with E-state index in [-0.39, 0.29) is 32.6 Å². The summed E-state index contributed by atoms with van der Waals surface area (Å²) in [4.78, 5) is 34.7. The van der Waals surface area contributed by atoms with Gasteiger partial charge in [-0.1, -0.05) is 140 Å². The average Bonchev–Trinajstić information content (AvgIpc) is 3.07. The summed E-state index contributed by atoms with van der Waals surface area (Å²) in [5.74, 6) is -0.849. The second kappa shape index (κ2) is 35.1. The van der Waals surface area contributed by atoms with Crippen molar-refractivity contribution in [2.45, 2.75) is 168 Å². The summed E-state index contributed by atoms with van der Waals surface area (Å²) in [6, 6.07) is 0. The molecule has 0 rings (SSSR count). The van der Waals surface area contributed by atoms with E-state index in [1.54, 1.807) is 0 Å². The minimum Gasteiger partial charge on any atom is -0.462 e. The highest BCUT2D eigenvalue weighted by Crippen LogP contribution is 2.43. The summed E-state index contributed by atoms with van der Waals surface area (Å²) in [7, 11) is -4.37. The van der Waals surface area contributed by atoms with Gasteiger partial charge in [0.15, 0.2) is 6.10 Å². The molecule has 48 heavy (non-hydrogen) atoms. The maximum absolute atomic E-state index is 12.5. The number of ether oxygens (including phenoxy) is 2. The van der Waals surface area contributed by atoms with Crippen LogP contribution in [0.25, 0.3) is 0 Å². The highest BCUT2D eigenvalue weighted by atomic mass is 31.2. The van der Waals surface area contributed by atoms with E-state index in [9.17, 15) is 19.0 Å². The van der Waals surface area contributed by atoms with Crippen molar-refractivity contribution in [1.29, 1.82) is 0 Å². The highest BCUT2D eigenvalue weighted by Gasteiger charge is 2.25. The van der Waals surface area contributed by atoms with Gasteiger partial charge in [-0.05, 0) is 44.9 Å². The molecule has 0 aromatic heterocycles. The van der Waals surface area contributed by atoms with Crippen molar-refractivity contribution in [3.8, 4) is 0 Å². The number of hydrogen-bond donors (Lipinski definition) is 2. The lowest BCUT2D eigenvalue weighted by atomic mass is 10.0. The molecule has 9 nitrogen and oxygen atoms in total. The third kappa shape index (κ3) is 34.1. The van der Waals surface area contributed by atoms with Crippen LogP contribution < -0.4 is 5.73 Å². The van der Waals surface area contributed by atoms with E-state index in [1.807, 2.05) is 0 Å². The monoisotopic (exact) mass is 699 g/mol. The molecule has 0 aromatic carbocycles. The van der Waals surface area contributed by atoms with Crippen molar-refractivity contribution in [3.05, 3.63) is 36.5 Å². The molecule has 280 valence electrons. The van der Waals surface area contributed by atoms with Gasteiger partial charge in [-0.3, -0.25) is 18.6 Å². The molecule has 0 heterocycles. The Kier molecular flexibility index (Phi) is 33.8.